The molecule has 0 N–H and O–H groups in total. The molecule has 1 saturated heterocycles. The van der Waals surface area contributed by atoms with E-state index >= 15 is 0 Å². The van der Waals surface area contributed by atoms with Gasteiger partial charge in [-0.15, -0.1) is 0 Å². The monoisotopic (exact) mass is 456 g/mol. The second kappa shape index (κ2) is 10.5. The lowest BCUT2D eigenvalue weighted by Gasteiger charge is -2.24. The van der Waals surface area contributed by atoms with Crippen molar-refractivity contribution in [1.29, 1.82) is 0 Å². The van der Waals surface area contributed by atoms with Crippen molar-refractivity contribution in [2.45, 2.75) is 12.8 Å². The first kappa shape index (κ1) is 24.2. The third-order valence-electron chi connectivity index (χ3n) is 6.23. The van der Waals surface area contributed by atoms with Crippen LogP contribution in [0.3, 0.4) is 0 Å². The summed E-state index contributed by atoms with van der Waals surface area (Å²) in [6.07, 6.45) is 0. The van der Waals surface area contributed by atoms with Gasteiger partial charge in [-0.1, -0.05) is 0 Å². The van der Waals surface area contributed by atoms with E-state index in [0.29, 0.717) is 48.2 Å². The minimum atomic E-state index is -0.389. The molecule has 0 bridgehead atoms. The molecule has 1 fully saturated rings. The standard InChI is InChI=1S/C25H32N2O6/c1-7-26(2)25(29)20-15-27(24(28)16-8-10-18(30-3)11-9-16)14-19(20)17-12-21(31-4)23(33-6)22(13-17)32-5/h8-13,19-20H,7,14-15H2,1-6H3/t19-,20-/m1/s1. The molecule has 8 heteroatoms. The average molecular weight is 457 g/mol. The molecular weight excluding hydrogens is 424 g/mol. The van der Waals surface area contributed by atoms with Gasteiger partial charge in [-0.25, -0.2) is 0 Å². The molecule has 0 spiro atoms. The number of rotatable bonds is 8. The zero-order valence-electron chi connectivity index (χ0n) is 20.1. The number of benzene rings is 2. The first-order valence-corrected chi connectivity index (χ1v) is 10.9. The Morgan fingerprint density at radius 3 is 2.03 bits per heavy atom. The molecule has 33 heavy (non-hydrogen) atoms. The van der Waals surface area contributed by atoms with Crippen LogP contribution < -0.4 is 18.9 Å². The Morgan fingerprint density at radius 1 is 0.939 bits per heavy atom. The van der Waals surface area contributed by atoms with Crippen molar-refractivity contribution in [2.24, 2.45) is 5.92 Å². The molecule has 2 amide bonds. The second-order valence-corrected chi connectivity index (χ2v) is 7.96. The van der Waals surface area contributed by atoms with Crippen molar-refractivity contribution >= 4 is 11.8 Å². The van der Waals surface area contributed by atoms with E-state index in [4.69, 9.17) is 18.9 Å². The molecule has 3 rings (SSSR count). The maximum absolute atomic E-state index is 13.3. The topological polar surface area (TPSA) is 77.5 Å². The van der Waals surface area contributed by atoms with Crippen molar-refractivity contribution in [2.75, 3.05) is 55.1 Å². The van der Waals surface area contributed by atoms with E-state index in [1.807, 2.05) is 19.1 Å². The molecule has 0 aliphatic carbocycles. The largest absolute Gasteiger partial charge is 0.497 e. The lowest BCUT2D eigenvalue weighted by atomic mass is 9.87. The van der Waals surface area contributed by atoms with Gasteiger partial charge in [0.1, 0.15) is 5.75 Å². The third kappa shape index (κ3) is 4.84. The Kier molecular flexibility index (Phi) is 7.68. The molecule has 8 nitrogen and oxygen atoms in total. The van der Waals surface area contributed by atoms with Gasteiger partial charge in [0.15, 0.2) is 11.5 Å². The van der Waals surface area contributed by atoms with Crippen molar-refractivity contribution in [3.05, 3.63) is 47.5 Å². The van der Waals surface area contributed by atoms with Crippen molar-refractivity contribution in [1.82, 2.24) is 9.80 Å². The van der Waals surface area contributed by atoms with Crippen molar-refractivity contribution in [3.63, 3.8) is 0 Å². The van der Waals surface area contributed by atoms with Crippen LogP contribution >= 0.6 is 0 Å². The third-order valence-corrected chi connectivity index (χ3v) is 6.23. The number of methoxy groups -OCH3 is 4. The summed E-state index contributed by atoms with van der Waals surface area (Å²) in [7, 11) is 8.03. The molecular formula is C25H32N2O6. The summed E-state index contributed by atoms with van der Waals surface area (Å²) in [6.45, 7) is 3.25. The molecule has 1 aliphatic rings. The zero-order valence-corrected chi connectivity index (χ0v) is 20.1. The number of carbonyl (C=O) groups excluding carboxylic acids is 2. The van der Waals surface area contributed by atoms with Gasteiger partial charge in [0.25, 0.3) is 5.91 Å². The molecule has 1 heterocycles. The van der Waals surface area contributed by atoms with Gasteiger partial charge in [0.2, 0.25) is 11.7 Å². The van der Waals surface area contributed by atoms with E-state index in [0.717, 1.165) is 5.56 Å². The van der Waals surface area contributed by atoms with Crippen LogP contribution in [0.5, 0.6) is 23.0 Å². The fourth-order valence-corrected chi connectivity index (χ4v) is 4.23. The number of hydrogen-bond donors (Lipinski definition) is 0. The van der Waals surface area contributed by atoms with Gasteiger partial charge in [-0.2, -0.15) is 0 Å². The maximum Gasteiger partial charge on any atom is 0.253 e. The number of carbonyl (C=O) groups is 2. The Morgan fingerprint density at radius 2 is 1.55 bits per heavy atom. The molecule has 0 aromatic heterocycles. The second-order valence-electron chi connectivity index (χ2n) is 7.96. The van der Waals surface area contributed by atoms with Crippen molar-refractivity contribution < 1.29 is 28.5 Å². The fraction of sp³-hybridized carbons (Fsp3) is 0.440. The average Bonchev–Trinajstić information content (AvgIpc) is 3.31. The predicted octanol–water partition coefficient (Wildman–Crippen LogP) is 3.06. The Labute approximate surface area is 195 Å². The van der Waals surface area contributed by atoms with Crippen LogP contribution in [-0.2, 0) is 4.79 Å². The van der Waals surface area contributed by atoms with E-state index in [9.17, 15) is 9.59 Å². The number of amides is 2. The SMILES string of the molecule is CCN(C)C(=O)[C@@H]1CN(C(=O)c2ccc(OC)cc2)C[C@@H]1c1cc(OC)c(OC)c(OC)c1. The molecule has 178 valence electrons. The molecule has 2 aromatic carbocycles. The van der Waals surface area contributed by atoms with Gasteiger partial charge < -0.3 is 28.7 Å². The number of nitrogens with zero attached hydrogens (tertiary/aromatic N) is 2. The number of hydrogen-bond acceptors (Lipinski definition) is 6. The molecule has 2 atom stereocenters. The van der Waals surface area contributed by atoms with Gasteiger partial charge in [0, 0.05) is 38.2 Å². The minimum Gasteiger partial charge on any atom is -0.497 e. The lowest BCUT2D eigenvalue weighted by Crippen LogP contribution is -2.36. The summed E-state index contributed by atoms with van der Waals surface area (Å²) in [4.78, 5) is 30.0. The first-order valence-electron chi connectivity index (χ1n) is 10.9. The van der Waals surface area contributed by atoms with E-state index in [1.165, 1.54) is 0 Å². The molecule has 1 aliphatic heterocycles. The highest BCUT2D eigenvalue weighted by Gasteiger charge is 2.42. The van der Waals surface area contributed by atoms with Gasteiger partial charge in [-0.05, 0) is 48.9 Å². The zero-order chi connectivity index (χ0) is 24.1. The highest BCUT2D eigenvalue weighted by Crippen LogP contribution is 2.43. The van der Waals surface area contributed by atoms with Gasteiger partial charge in [-0.3, -0.25) is 9.59 Å². The summed E-state index contributed by atoms with van der Waals surface area (Å²) < 4.78 is 21.7. The summed E-state index contributed by atoms with van der Waals surface area (Å²) in [5.74, 6) is 1.47. The molecule has 0 unspecified atom stereocenters. The molecule has 0 radical (unpaired) electrons. The van der Waals surface area contributed by atoms with Crippen molar-refractivity contribution in [3.8, 4) is 23.0 Å². The minimum absolute atomic E-state index is 0.00119. The lowest BCUT2D eigenvalue weighted by molar-refractivity contribution is -0.133. The summed E-state index contributed by atoms with van der Waals surface area (Å²) in [6, 6.07) is 10.7. The van der Waals surface area contributed by atoms with Crippen LogP contribution in [0.2, 0.25) is 0 Å². The Hall–Kier alpha value is -3.42. The maximum atomic E-state index is 13.3. The quantitative estimate of drug-likeness (QED) is 0.608. The summed E-state index contributed by atoms with van der Waals surface area (Å²) >= 11 is 0. The van der Waals surface area contributed by atoms with E-state index in [-0.39, 0.29) is 23.7 Å². The van der Waals surface area contributed by atoms with Crippen LogP contribution in [0.25, 0.3) is 0 Å². The normalized spacial score (nSPS) is 17.5. The summed E-state index contributed by atoms with van der Waals surface area (Å²) in [5.41, 5.74) is 1.41. The number of ether oxygens (including phenoxy) is 4. The van der Waals surface area contributed by atoms with E-state index < -0.39 is 0 Å². The van der Waals surface area contributed by atoms with Gasteiger partial charge in [0.05, 0.1) is 34.4 Å². The van der Waals surface area contributed by atoms with Gasteiger partial charge >= 0.3 is 0 Å². The van der Waals surface area contributed by atoms with Crippen LogP contribution in [0.4, 0.5) is 0 Å². The summed E-state index contributed by atoms with van der Waals surface area (Å²) in [5, 5.41) is 0. The fourth-order valence-electron chi connectivity index (χ4n) is 4.23. The van der Waals surface area contributed by atoms with Crippen LogP contribution in [-0.4, -0.2) is 76.7 Å². The predicted molar refractivity (Wildman–Crippen MR) is 125 cm³/mol. The molecule has 0 saturated carbocycles. The van der Waals surface area contributed by atoms with E-state index in [1.54, 1.807) is 69.6 Å². The first-order chi connectivity index (χ1) is 15.9. The Balaban J connectivity index is 1.99. The highest BCUT2D eigenvalue weighted by atomic mass is 16.5. The van der Waals surface area contributed by atoms with E-state index in [2.05, 4.69) is 0 Å². The van der Waals surface area contributed by atoms with Crippen LogP contribution in [0, 0.1) is 5.92 Å². The van der Waals surface area contributed by atoms with Crippen LogP contribution in [0.1, 0.15) is 28.8 Å². The molecule has 2 aromatic rings. The Bertz CT molecular complexity index is 966. The highest BCUT2D eigenvalue weighted by molar-refractivity contribution is 5.95. The number of likely N-dealkylation sites (tertiary alicyclic amines) is 1. The smallest absolute Gasteiger partial charge is 0.253 e. The van der Waals surface area contributed by atoms with Crippen LogP contribution in [0.15, 0.2) is 36.4 Å².